The Morgan fingerprint density at radius 3 is 2.55 bits per heavy atom. The van der Waals surface area contributed by atoms with E-state index in [1.165, 1.54) is 0 Å². The van der Waals surface area contributed by atoms with Crippen LogP contribution in [0.15, 0.2) is 36.7 Å². The lowest BCUT2D eigenvalue weighted by atomic mass is 9.73. The quantitative estimate of drug-likeness (QED) is 0.809. The van der Waals surface area contributed by atoms with E-state index in [0.29, 0.717) is 44.5 Å². The molecule has 2 aliphatic rings. The Morgan fingerprint density at radius 2 is 1.90 bits per heavy atom. The summed E-state index contributed by atoms with van der Waals surface area (Å²) in [5.41, 5.74) is -0.0203. The first-order chi connectivity index (χ1) is 13.9. The molecule has 2 fully saturated rings. The van der Waals surface area contributed by atoms with Gasteiger partial charge in [0, 0.05) is 37.7 Å². The van der Waals surface area contributed by atoms with Gasteiger partial charge in [-0.15, -0.1) is 5.10 Å². The van der Waals surface area contributed by atoms with Crippen LogP contribution < -0.4 is 10.2 Å². The van der Waals surface area contributed by atoms with E-state index in [4.69, 9.17) is 4.74 Å². The minimum Gasteiger partial charge on any atom is -0.388 e. The predicted molar refractivity (Wildman–Crippen MR) is 108 cm³/mol. The first-order valence-electron chi connectivity index (χ1n) is 10.0. The Labute approximate surface area is 170 Å². The van der Waals surface area contributed by atoms with Crippen molar-refractivity contribution in [2.24, 2.45) is 0 Å². The molecule has 2 aromatic heterocycles. The molecule has 29 heavy (non-hydrogen) atoms. The average molecular weight is 397 g/mol. The van der Waals surface area contributed by atoms with Crippen LogP contribution in [0.3, 0.4) is 0 Å². The van der Waals surface area contributed by atoms with Crippen LogP contribution in [-0.4, -0.2) is 63.1 Å². The average Bonchev–Trinajstić information content (AvgIpc) is 2.74. The van der Waals surface area contributed by atoms with Crippen LogP contribution in [0.25, 0.3) is 0 Å². The maximum atomic E-state index is 12.7. The fraction of sp³-hybridized carbons (Fsp3) is 0.524. The summed E-state index contributed by atoms with van der Waals surface area (Å²) in [7, 11) is 0. The third-order valence-corrected chi connectivity index (χ3v) is 6.17. The summed E-state index contributed by atoms with van der Waals surface area (Å²) >= 11 is 0. The molecule has 2 aromatic rings. The maximum absolute atomic E-state index is 12.7. The zero-order valence-electron chi connectivity index (χ0n) is 16.8. The van der Waals surface area contributed by atoms with Crippen LogP contribution in [-0.2, 0) is 4.74 Å². The maximum Gasteiger partial charge on any atom is 0.251 e. The summed E-state index contributed by atoms with van der Waals surface area (Å²) in [5, 5.41) is 22.7. The second kappa shape index (κ2) is 7.68. The summed E-state index contributed by atoms with van der Waals surface area (Å²) in [6, 6.07) is 7.25. The predicted octanol–water partition coefficient (Wildman–Crippen LogP) is 1.49. The summed E-state index contributed by atoms with van der Waals surface area (Å²) in [6.45, 7) is 5.73. The van der Waals surface area contributed by atoms with Crippen LogP contribution in [0, 0.1) is 6.92 Å². The Morgan fingerprint density at radius 1 is 1.17 bits per heavy atom. The first kappa shape index (κ1) is 19.7. The summed E-state index contributed by atoms with van der Waals surface area (Å²) in [5.74, 6) is 0.628. The zero-order chi connectivity index (χ0) is 20.5. The highest BCUT2D eigenvalue weighted by Gasteiger charge is 2.54. The van der Waals surface area contributed by atoms with Crippen LogP contribution in [0.4, 0.5) is 5.82 Å². The Kier molecular flexibility index (Phi) is 5.23. The van der Waals surface area contributed by atoms with Gasteiger partial charge in [-0.3, -0.25) is 9.78 Å². The van der Waals surface area contributed by atoms with Gasteiger partial charge in [-0.05, 0) is 57.4 Å². The lowest BCUT2D eigenvalue weighted by Crippen LogP contribution is -2.69. The molecule has 4 rings (SSSR count). The largest absolute Gasteiger partial charge is 0.388 e. The van der Waals surface area contributed by atoms with Crippen molar-refractivity contribution in [3.8, 4) is 0 Å². The molecule has 8 heteroatoms. The third-order valence-electron chi connectivity index (χ3n) is 6.17. The number of anilines is 1. The van der Waals surface area contributed by atoms with E-state index in [0.717, 1.165) is 11.5 Å². The standard InChI is InChI=1S/C21H27N5O3/c1-15-3-4-17(25-24-15)26-12-7-21(8-13-26)19(28)20(2,9-14-29-21)23-18(27)16-5-10-22-11-6-16/h3-6,10-11,19,28H,7-9,12-14H2,1-2H3,(H,23,27)/t19-,20+/m1/s1. The zero-order valence-corrected chi connectivity index (χ0v) is 16.8. The Hall–Kier alpha value is -2.58. The van der Waals surface area contributed by atoms with Crippen molar-refractivity contribution in [3.05, 3.63) is 47.9 Å². The van der Waals surface area contributed by atoms with E-state index in [1.54, 1.807) is 24.5 Å². The Bertz CT molecular complexity index is 852. The van der Waals surface area contributed by atoms with Crippen molar-refractivity contribution in [3.63, 3.8) is 0 Å². The number of aliphatic hydroxyl groups is 1. The molecule has 0 aliphatic carbocycles. The van der Waals surface area contributed by atoms with Gasteiger partial charge >= 0.3 is 0 Å². The van der Waals surface area contributed by atoms with Crippen molar-refractivity contribution >= 4 is 11.7 Å². The highest BCUT2D eigenvalue weighted by molar-refractivity contribution is 5.94. The number of nitrogens with one attached hydrogen (secondary N) is 1. The Balaban J connectivity index is 1.46. The number of hydrogen-bond acceptors (Lipinski definition) is 7. The summed E-state index contributed by atoms with van der Waals surface area (Å²) in [6.07, 6.45) is 4.24. The van der Waals surface area contributed by atoms with E-state index in [1.807, 2.05) is 26.0 Å². The number of hydrogen-bond donors (Lipinski definition) is 2. The van der Waals surface area contributed by atoms with Gasteiger partial charge in [0.25, 0.3) is 5.91 Å². The van der Waals surface area contributed by atoms with Crippen LogP contribution in [0.5, 0.6) is 0 Å². The number of carbonyl (C=O) groups is 1. The van der Waals surface area contributed by atoms with Gasteiger partial charge < -0.3 is 20.1 Å². The smallest absolute Gasteiger partial charge is 0.251 e. The van der Waals surface area contributed by atoms with Crippen molar-refractivity contribution in [1.29, 1.82) is 0 Å². The molecule has 1 amide bonds. The molecule has 0 saturated carbocycles. The molecule has 0 bridgehead atoms. The number of nitrogens with zero attached hydrogens (tertiary/aromatic N) is 4. The lowest BCUT2D eigenvalue weighted by molar-refractivity contribution is -0.195. The van der Waals surface area contributed by atoms with Crippen LogP contribution in [0.1, 0.15) is 42.2 Å². The fourth-order valence-corrected chi connectivity index (χ4v) is 4.32. The number of ether oxygens (including phenoxy) is 1. The van der Waals surface area contributed by atoms with Gasteiger partial charge in [0.05, 0.1) is 16.8 Å². The van der Waals surface area contributed by atoms with E-state index in [2.05, 4.69) is 25.4 Å². The fourth-order valence-electron chi connectivity index (χ4n) is 4.32. The minimum absolute atomic E-state index is 0.210. The van der Waals surface area contributed by atoms with Crippen LogP contribution in [0.2, 0.25) is 0 Å². The number of carbonyl (C=O) groups excluding carboxylic acids is 1. The molecule has 0 unspecified atom stereocenters. The summed E-state index contributed by atoms with van der Waals surface area (Å²) in [4.78, 5) is 18.8. The van der Waals surface area contributed by atoms with E-state index in [9.17, 15) is 9.90 Å². The molecular formula is C21H27N5O3. The third kappa shape index (κ3) is 3.82. The van der Waals surface area contributed by atoms with Gasteiger partial charge in [0.15, 0.2) is 5.82 Å². The second-order valence-corrected chi connectivity index (χ2v) is 8.19. The van der Waals surface area contributed by atoms with E-state index < -0.39 is 17.2 Å². The van der Waals surface area contributed by atoms with E-state index >= 15 is 0 Å². The second-order valence-electron chi connectivity index (χ2n) is 8.19. The number of aromatic nitrogens is 3. The molecule has 8 nitrogen and oxygen atoms in total. The summed E-state index contributed by atoms with van der Waals surface area (Å²) < 4.78 is 6.13. The molecule has 2 saturated heterocycles. The highest BCUT2D eigenvalue weighted by Crippen LogP contribution is 2.40. The molecule has 0 radical (unpaired) electrons. The number of pyridine rings is 1. The van der Waals surface area contributed by atoms with Gasteiger partial charge in [-0.25, -0.2) is 0 Å². The molecule has 4 heterocycles. The van der Waals surface area contributed by atoms with Gasteiger partial charge in [0.1, 0.15) is 6.10 Å². The molecule has 154 valence electrons. The van der Waals surface area contributed by atoms with Gasteiger partial charge in [-0.2, -0.15) is 5.10 Å². The minimum atomic E-state index is -0.805. The number of amides is 1. The monoisotopic (exact) mass is 397 g/mol. The number of rotatable bonds is 3. The van der Waals surface area contributed by atoms with Crippen molar-refractivity contribution in [2.75, 3.05) is 24.6 Å². The molecule has 1 spiro atoms. The topological polar surface area (TPSA) is 100 Å². The number of aliphatic hydroxyl groups excluding tert-OH is 1. The number of aryl methyl sites for hydroxylation is 1. The van der Waals surface area contributed by atoms with Gasteiger partial charge in [-0.1, -0.05) is 0 Å². The van der Waals surface area contributed by atoms with Crippen molar-refractivity contribution in [2.45, 2.75) is 50.4 Å². The van der Waals surface area contributed by atoms with Crippen molar-refractivity contribution in [1.82, 2.24) is 20.5 Å². The van der Waals surface area contributed by atoms with Gasteiger partial charge in [0.2, 0.25) is 0 Å². The number of piperidine rings is 1. The van der Waals surface area contributed by atoms with Crippen molar-refractivity contribution < 1.29 is 14.6 Å². The highest BCUT2D eigenvalue weighted by atomic mass is 16.5. The lowest BCUT2D eigenvalue weighted by Gasteiger charge is -2.53. The van der Waals surface area contributed by atoms with Crippen LogP contribution >= 0.6 is 0 Å². The normalized spacial score (nSPS) is 26.3. The first-order valence-corrected chi connectivity index (χ1v) is 10.0. The van der Waals surface area contributed by atoms with E-state index in [-0.39, 0.29) is 5.91 Å². The molecule has 0 aromatic carbocycles. The molecule has 2 atom stereocenters. The molecule has 2 N–H and O–H groups in total. The SMILES string of the molecule is Cc1ccc(N2CCC3(CC2)OCC[C@](C)(NC(=O)c2ccncc2)[C@H]3O)nn1. The molecule has 2 aliphatic heterocycles. The molecular weight excluding hydrogens is 370 g/mol.